The second-order valence-corrected chi connectivity index (χ2v) is 4.03. The zero-order valence-corrected chi connectivity index (χ0v) is 10.6. The van der Waals surface area contributed by atoms with Gasteiger partial charge in [-0.25, -0.2) is 5.84 Å². The van der Waals surface area contributed by atoms with Crippen LogP contribution in [-0.2, 0) is 4.79 Å². The molecule has 2 heterocycles. The van der Waals surface area contributed by atoms with E-state index in [2.05, 4.69) is 31.0 Å². The molecule has 0 saturated carbocycles. The molecule has 0 bridgehead atoms. The molecule has 1 aliphatic rings. The molecular weight excluding hydrogens is 250 g/mol. The summed E-state index contributed by atoms with van der Waals surface area (Å²) in [7, 11) is 0. The SMILES string of the molecule is CCOc1nc(NN)nc(NCC2CCC(=O)N2)n1. The Hall–Kier alpha value is -2.16. The van der Waals surface area contributed by atoms with Gasteiger partial charge in [0, 0.05) is 19.0 Å². The molecule has 19 heavy (non-hydrogen) atoms. The number of hydrogen-bond acceptors (Lipinski definition) is 8. The van der Waals surface area contributed by atoms with Crippen LogP contribution < -0.4 is 26.6 Å². The van der Waals surface area contributed by atoms with Crippen LogP contribution in [0.5, 0.6) is 6.01 Å². The summed E-state index contributed by atoms with van der Waals surface area (Å²) in [4.78, 5) is 23.2. The Morgan fingerprint density at radius 1 is 1.42 bits per heavy atom. The Kier molecular flexibility index (Phi) is 4.29. The van der Waals surface area contributed by atoms with E-state index in [0.29, 0.717) is 25.5 Å². The number of nitrogens with zero attached hydrogens (tertiary/aromatic N) is 3. The predicted octanol–water partition coefficient (Wildman–Crippen LogP) is -0.754. The second-order valence-electron chi connectivity index (χ2n) is 4.03. The Morgan fingerprint density at radius 2 is 2.21 bits per heavy atom. The van der Waals surface area contributed by atoms with Gasteiger partial charge in [0.25, 0.3) is 0 Å². The number of amides is 1. The van der Waals surface area contributed by atoms with Crippen molar-refractivity contribution < 1.29 is 9.53 Å². The van der Waals surface area contributed by atoms with Crippen LogP contribution in [0.2, 0.25) is 0 Å². The summed E-state index contributed by atoms with van der Waals surface area (Å²) in [6, 6.07) is 0.289. The number of hydrogen-bond donors (Lipinski definition) is 4. The highest BCUT2D eigenvalue weighted by molar-refractivity contribution is 5.78. The molecule has 0 aromatic carbocycles. The van der Waals surface area contributed by atoms with Crippen molar-refractivity contribution in [3.63, 3.8) is 0 Å². The van der Waals surface area contributed by atoms with Crippen molar-refractivity contribution >= 4 is 17.8 Å². The third-order valence-electron chi connectivity index (χ3n) is 2.61. The lowest BCUT2D eigenvalue weighted by Crippen LogP contribution is -2.32. The van der Waals surface area contributed by atoms with Crippen LogP contribution in [0.4, 0.5) is 11.9 Å². The summed E-state index contributed by atoms with van der Waals surface area (Å²) >= 11 is 0. The summed E-state index contributed by atoms with van der Waals surface area (Å²) in [6.45, 7) is 2.83. The Bertz CT molecular complexity index is 454. The van der Waals surface area contributed by atoms with Crippen molar-refractivity contribution in [3.05, 3.63) is 0 Å². The maximum atomic E-state index is 11.1. The van der Waals surface area contributed by atoms with Crippen molar-refractivity contribution in [1.29, 1.82) is 0 Å². The molecule has 2 rings (SSSR count). The topological polar surface area (TPSA) is 127 Å². The molecule has 1 unspecified atom stereocenters. The second kappa shape index (κ2) is 6.14. The average molecular weight is 267 g/mol. The smallest absolute Gasteiger partial charge is 0.323 e. The van der Waals surface area contributed by atoms with E-state index >= 15 is 0 Å². The van der Waals surface area contributed by atoms with Crippen LogP contribution in [-0.4, -0.2) is 40.1 Å². The molecule has 1 aromatic rings. The molecule has 1 amide bonds. The molecule has 1 aromatic heterocycles. The highest BCUT2D eigenvalue weighted by atomic mass is 16.5. The number of ether oxygens (including phenoxy) is 1. The number of rotatable bonds is 6. The van der Waals surface area contributed by atoms with Gasteiger partial charge in [0.15, 0.2) is 0 Å². The van der Waals surface area contributed by atoms with E-state index in [1.807, 2.05) is 6.92 Å². The monoisotopic (exact) mass is 267 g/mol. The van der Waals surface area contributed by atoms with Crippen LogP contribution in [0, 0.1) is 0 Å². The van der Waals surface area contributed by atoms with Crippen LogP contribution in [0.25, 0.3) is 0 Å². The van der Waals surface area contributed by atoms with Crippen molar-refractivity contribution in [2.45, 2.75) is 25.8 Å². The van der Waals surface area contributed by atoms with Crippen molar-refractivity contribution in [2.24, 2.45) is 5.84 Å². The van der Waals surface area contributed by atoms with Gasteiger partial charge < -0.3 is 15.4 Å². The number of nitrogens with one attached hydrogen (secondary N) is 3. The van der Waals surface area contributed by atoms with Gasteiger partial charge in [0.05, 0.1) is 6.61 Å². The van der Waals surface area contributed by atoms with Gasteiger partial charge in [-0.3, -0.25) is 10.2 Å². The maximum absolute atomic E-state index is 11.1. The number of nitrogens with two attached hydrogens (primary N) is 1. The first kappa shape index (κ1) is 13.3. The van der Waals surface area contributed by atoms with E-state index in [9.17, 15) is 4.79 Å². The van der Waals surface area contributed by atoms with Gasteiger partial charge in [-0.15, -0.1) is 0 Å². The molecule has 5 N–H and O–H groups in total. The fourth-order valence-corrected chi connectivity index (χ4v) is 1.74. The van der Waals surface area contributed by atoms with Crippen LogP contribution in [0.1, 0.15) is 19.8 Å². The third-order valence-corrected chi connectivity index (χ3v) is 2.61. The molecule has 1 saturated heterocycles. The fraction of sp³-hybridized carbons (Fsp3) is 0.600. The Labute approximate surface area is 110 Å². The van der Waals surface area contributed by atoms with Crippen LogP contribution >= 0.6 is 0 Å². The molecule has 9 nitrogen and oxygen atoms in total. The zero-order chi connectivity index (χ0) is 13.7. The summed E-state index contributed by atoms with van der Waals surface area (Å²) in [5.41, 5.74) is 2.35. The van der Waals surface area contributed by atoms with Crippen molar-refractivity contribution in [2.75, 3.05) is 23.9 Å². The minimum Gasteiger partial charge on any atom is -0.464 e. The number of anilines is 2. The molecule has 1 fully saturated rings. The first-order valence-corrected chi connectivity index (χ1v) is 6.10. The standard InChI is InChI=1S/C10H17N7O2/c1-2-19-10-15-8(14-9(16-10)17-11)12-5-6-3-4-7(18)13-6/h6H,2-5,11H2,1H3,(H,13,18)(H2,12,14,15,16,17). The normalized spacial score (nSPS) is 18.0. The minimum atomic E-state index is 0.0711. The lowest BCUT2D eigenvalue weighted by atomic mass is 10.2. The molecule has 1 atom stereocenters. The Balaban J connectivity index is 1.98. The van der Waals surface area contributed by atoms with Gasteiger partial charge in [0.1, 0.15) is 0 Å². The lowest BCUT2D eigenvalue weighted by molar-refractivity contribution is -0.119. The van der Waals surface area contributed by atoms with Crippen molar-refractivity contribution in [3.8, 4) is 6.01 Å². The van der Waals surface area contributed by atoms with Gasteiger partial charge in [-0.2, -0.15) is 15.0 Å². The molecule has 9 heteroatoms. The quantitative estimate of drug-likeness (QED) is 0.391. The van der Waals surface area contributed by atoms with E-state index in [4.69, 9.17) is 10.6 Å². The van der Waals surface area contributed by atoms with E-state index in [0.717, 1.165) is 6.42 Å². The first-order valence-electron chi connectivity index (χ1n) is 6.10. The van der Waals surface area contributed by atoms with Gasteiger partial charge in [-0.05, 0) is 13.3 Å². The van der Waals surface area contributed by atoms with Crippen LogP contribution in [0.3, 0.4) is 0 Å². The fourth-order valence-electron chi connectivity index (χ4n) is 1.74. The molecule has 0 radical (unpaired) electrons. The highest BCUT2D eigenvalue weighted by Gasteiger charge is 2.20. The van der Waals surface area contributed by atoms with Crippen LogP contribution in [0.15, 0.2) is 0 Å². The summed E-state index contributed by atoms with van der Waals surface area (Å²) < 4.78 is 5.21. The summed E-state index contributed by atoms with van der Waals surface area (Å²) in [5.74, 6) is 5.92. The Morgan fingerprint density at radius 3 is 2.84 bits per heavy atom. The van der Waals surface area contributed by atoms with Gasteiger partial charge >= 0.3 is 6.01 Å². The third kappa shape index (κ3) is 3.65. The number of aromatic nitrogens is 3. The summed E-state index contributed by atoms with van der Waals surface area (Å²) in [5, 5.41) is 5.88. The average Bonchev–Trinajstić information content (AvgIpc) is 2.82. The number of carbonyl (C=O) groups excluding carboxylic acids is 1. The van der Waals surface area contributed by atoms with Gasteiger partial charge in [-0.1, -0.05) is 0 Å². The molecule has 0 spiro atoms. The zero-order valence-electron chi connectivity index (χ0n) is 10.6. The van der Waals surface area contributed by atoms with E-state index < -0.39 is 0 Å². The van der Waals surface area contributed by atoms with Gasteiger partial charge in [0.2, 0.25) is 17.8 Å². The molecule has 104 valence electrons. The number of nitrogen functional groups attached to an aromatic ring is 1. The molecular formula is C10H17N7O2. The number of hydrazine groups is 1. The van der Waals surface area contributed by atoms with E-state index in [1.54, 1.807) is 0 Å². The molecule has 0 aliphatic carbocycles. The molecule has 1 aliphatic heterocycles. The largest absolute Gasteiger partial charge is 0.464 e. The predicted molar refractivity (Wildman–Crippen MR) is 68.5 cm³/mol. The maximum Gasteiger partial charge on any atom is 0.323 e. The first-order chi connectivity index (χ1) is 9.21. The highest BCUT2D eigenvalue weighted by Crippen LogP contribution is 2.12. The van der Waals surface area contributed by atoms with E-state index in [-0.39, 0.29) is 23.9 Å². The van der Waals surface area contributed by atoms with Crippen molar-refractivity contribution in [1.82, 2.24) is 20.3 Å². The minimum absolute atomic E-state index is 0.0711. The van der Waals surface area contributed by atoms with E-state index in [1.165, 1.54) is 0 Å². The summed E-state index contributed by atoms with van der Waals surface area (Å²) in [6.07, 6.45) is 1.36. The number of carbonyl (C=O) groups is 1. The lowest BCUT2D eigenvalue weighted by Gasteiger charge is -2.12.